The van der Waals surface area contributed by atoms with Crippen LogP contribution >= 0.6 is 0 Å². The number of esters is 1. The largest absolute Gasteiger partial charge is 0.512 e. The summed E-state index contributed by atoms with van der Waals surface area (Å²) in [7, 11) is 0.0144. The van der Waals surface area contributed by atoms with Crippen molar-refractivity contribution in [1.29, 1.82) is 0 Å². The molecule has 21 heavy (non-hydrogen) atoms. The van der Waals surface area contributed by atoms with Crippen LogP contribution in [0.15, 0.2) is 11.3 Å². The molecule has 1 aliphatic carbocycles. The topological polar surface area (TPSA) is 46.5 Å². The van der Waals surface area contributed by atoms with Gasteiger partial charge in [-0.05, 0) is 18.3 Å². The normalized spacial score (nSPS) is 21.5. The van der Waals surface area contributed by atoms with Gasteiger partial charge in [0.15, 0.2) is 0 Å². The Morgan fingerprint density at radius 1 is 1.43 bits per heavy atom. The van der Waals surface area contributed by atoms with Gasteiger partial charge in [0.1, 0.15) is 13.8 Å². The van der Waals surface area contributed by atoms with E-state index in [0.29, 0.717) is 12.0 Å². The van der Waals surface area contributed by atoms with Crippen LogP contribution in [0, 0.1) is 22.8 Å². The number of aliphatic hydroxyl groups is 1. The number of rotatable bonds is 3. The number of allylic oxidation sites excluding steroid dienone is 1. The maximum absolute atomic E-state index is 12.0. The van der Waals surface area contributed by atoms with Crippen LogP contribution in [-0.4, -0.2) is 26.3 Å². The molecule has 3 nitrogen and oxygen atoms in total. The lowest BCUT2D eigenvalue weighted by Crippen LogP contribution is -2.34. The number of hydrogen-bond acceptors (Lipinski definition) is 3. The quantitative estimate of drug-likeness (QED) is 0.486. The molecule has 0 radical (unpaired) electrons. The fraction of sp³-hybridized carbons (Fsp3) is 0.706. The van der Waals surface area contributed by atoms with Gasteiger partial charge in [0.25, 0.3) is 0 Å². The SMILES string of the molecule is COC(=O)C1=C(O)CCC(C)(C)[C@@H]1CCC#C[Si](C)(C)C. The first kappa shape index (κ1) is 17.8. The molecule has 118 valence electrons. The monoisotopic (exact) mass is 308 g/mol. The van der Waals surface area contributed by atoms with Gasteiger partial charge >= 0.3 is 5.97 Å². The van der Waals surface area contributed by atoms with Crippen molar-refractivity contribution in [3.63, 3.8) is 0 Å². The van der Waals surface area contributed by atoms with Crippen molar-refractivity contribution < 1.29 is 14.6 Å². The predicted molar refractivity (Wildman–Crippen MR) is 88.5 cm³/mol. The number of carbonyl (C=O) groups is 1. The van der Waals surface area contributed by atoms with E-state index in [0.717, 1.165) is 19.3 Å². The second-order valence-electron chi connectivity index (χ2n) is 7.48. The summed E-state index contributed by atoms with van der Waals surface area (Å²) in [6.07, 6.45) is 2.98. The lowest BCUT2D eigenvalue weighted by atomic mass is 9.66. The smallest absolute Gasteiger partial charge is 0.337 e. The van der Waals surface area contributed by atoms with E-state index in [2.05, 4.69) is 45.0 Å². The number of methoxy groups -OCH3 is 1. The van der Waals surface area contributed by atoms with E-state index >= 15 is 0 Å². The molecule has 1 aliphatic rings. The highest BCUT2D eigenvalue weighted by Crippen LogP contribution is 2.45. The third kappa shape index (κ3) is 4.92. The Morgan fingerprint density at radius 3 is 2.57 bits per heavy atom. The highest BCUT2D eigenvalue weighted by Gasteiger charge is 2.40. The Morgan fingerprint density at radius 2 is 2.05 bits per heavy atom. The summed E-state index contributed by atoms with van der Waals surface area (Å²) in [6.45, 7) is 11.0. The summed E-state index contributed by atoms with van der Waals surface area (Å²) in [6, 6.07) is 0. The van der Waals surface area contributed by atoms with Crippen molar-refractivity contribution in [2.45, 2.75) is 59.2 Å². The molecule has 0 spiro atoms. The summed E-state index contributed by atoms with van der Waals surface area (Å²) in [5.74, 6) is 3.07. The average molecular weight is 308 g/mol. The molecule has 0 aliphatic heterocycles. The molecule has 0 heterocycles. The van der Waals surface area contributed by atoms with Gasteiger partial charge in [-0.15, -0.1) is 11.5 Å². The first-order valence-corrected chi connectivity index (χ1v) is 11.1. The summed E-state index contributed by atoms with van der Waals surface area (Å²) in [5.41, 5.74) is 3.80. The molecule has 0 aromatic heterocycles. The molecule has 4 heteroatoms. The van der Waals surface area contributed by atoms with E-state index in [1.165, 1.54) is 7.11 Å². The summed E-state index contributed by atoms with van der Waals surface area (Å²) < 4.78 is 4.86. The van der Waals surface area contributed by atoms with Crippen LogP contribution in [0.3, 0.4) is 0 Å². The van der Waals surface area contributed by atoms with Crippen LogP contribution < -0.4 is 0 Å². The molecule has 0 fully saturated rings. The van der Waals surface area contributed by atoms with Crippen molar-refractivity contribution in [3.05, 3.63) is 11.3 Å². The Bertz CT molecular complexity index is 486. The Balaban J connectivity index is 2.94. The second-order valence-corrected chi connectivity index (χ2v) is 12.2. The fourth-order valence-corrected chi connectivity index (χ4v) is 3.45. The van der Waals surface area contributed by atoms with Crippen molar-refractivity contribution in [2.75, 3.05) is 7.11 Å². The van der Waals surface area contributed by atoms with Gasteiger partial charge in [0, 0.05) is 18.8 Å². The van der Waals surface area contributed by atoms with E-state index in [1.54, 1.807) is 0 Å². The zero-order valence-electron chi connectivity index (χ0n) is 14.2. The summed E-state index contributed by atoms with van der Waals surface area (Å²) in [4.78, 5) is 12.0. The zero-order chi connectivity index (χ0) is 16.3. The maximum Gasteiger partial charge on any atom is 0.337 e. The van der Waals surface area contributed by atoms with E-state index < -0.39 is 14.0 Å². The van der Waals surface area contributed by atoms with Crippen LogP contribution in [0.25, 0.3) is 0 Å². The minimum Gasteiger partial charge on any atom is -0.512 e. The zero-order valence-corrected chi connectivity index (χ0v) is 15.2. The van der Waals surface area contributed by atoms with Crippen LogP contribution in [0.2, 0.25) is 19.6 Å². The Labute approximate surface area is 129 Å². The van der Waals surface area contributed by atoms with Crippen LogP contribution in [0.4, 0.5) is 0 Å². The summed E-state index contributed by atoms with van der Waals surface area (Å²) in [5, 5.41) is 10.1. The van der Waals surface area contributed by atoms with E-state index in [4.69, 9.17) is 4.74 Å². The van der Waals surface area contributed by atoms with Gasteiger partial charge in [-0.2, -0.15) is 0 Å². The van der Waals surface area contributed by atoms with Gasteiger partial charge in [0.05, 0.1) is 12.7 Å². The molecule has 1 N–H and O–H groups in total. The number of carbonyl (C=O) groups excluding carboxylic acids is 1. The van der Waals surface area contributed by atoms with Crippen molar-refractivity contribution in [3.8, 4) is 11.5 Å². The summed E-state index contributed by atoms with van der Waals surface area (Å²) >= 11 is 0. The lowest BCUT2D eigenvalue weighted by molar-refractivity contribution is -0.138. The van der Waals surface area contributed by atoms with Gasteiger partial charge in [0.2, 0.25) is 0 Å². The first-order chi connectivity index (χ1) is 9.58. The molecule has 0 saturated heterocycles. The van der Waals surface area contributed by atoms with Gasteiger partial charge < -0.3 is 9.84 Å². The highest BCUT2D eigenvalue weighted by molar-refractivity contribution is 6.83. The maximum atomic E-state index is 12.0. The van der Waals surface area contributed by atoms with Crippen molar-refractivity contribution >= 4 is 14.0 Å². The fourth-order valence-electron chi connectivity index (χ4n) is 2.79. The highest BCUT2D eigenvalue weighted by atomic mass is 28.3. The minimum absolute atomic E-state index is 0.00892. The average Bonchev–Trinajstić information content (AvgIpc) is 2.36. The molecule has 0 amide bonds. The second kappa shape index (κ2) is 6.70. The molecule has 0 aromatic carbocycles. The molecule has 0 saturated carbocycles. The standard InChI is InChI=1S/C17H28O3Si/c1-17(2)11-10-14(18)15(16(19)20-3)13(17)9-7-8-12-21(4,5)6/h13,18H,7,9-11H2,1-6H3/t13-/m1/s1. The number of hydrogen-bond donors (Lipinski definition) is 1. The molecular weight excluding hydrogens is 280 g/mol. The van der Waals surface area contributed by atoms with E-state index in [1.807, 2.05) is 0 Å². The van der Waals surface area contributed by atoms with Gasteiger partial charge in [-0.1, -0.05) is 33.5 Å². The van der Waals surface area contributed by atoms with Gasteiger partial charge in [-0.25, -0.2) is 4.79 Å². The minimum atomic E-state index is -1.35. The Kier molecular flexibility index (Phi) is 5.69. The third-order valence-corrected chi connectivity index (χ3v) is 4.96. The molecular formula is C17H28O3Si. The van der Waals surface area contributed by atoms with Crippen LogP contribution in [0.1, 0.15) is 39.5 Å². The van der Waals surface area contributed by atoms with E-state index in [-0.39, 0.29) is 17.1 Å². The predicted octanol–water partition coefficient (Wildman–Crippen LogP) is 4.07. The van der Waals surface area contributed by atoms with Crippen molar-refractivity contribution in [1.82, 2.24) is 0 Å². The number of aliphatic hydroxyl groups excluding tert-OH is 1. The lowest BCUT2D eigenvalue weighted by Gasteiger charge is -2.39. The molecule has 0 unspecified atom stereocenters. The number of ether oxygens (including phenoxy) is 1. The Hall–Kier alpha value is -1.21. The van der Waals surface area contributed by atoms with Crippen molar-refractivity contribution in [2.24, 2.45) is 11.3 Å². The molecule has 1 atom stereocenters. The molecule has 0 bridgehead atoms. The van der Waals surface area contributed by atoms with Gasteiger partial charge in [-0.3, -0.25) is 0 Å². The molecule has 0 aromatic rings. The first-order valence-electron chi connectivity index (χ1n) is 7.59. The third-order valence-electron chi connectivity index (χ3n) is 4.04. The van der Waals surface area contributed by atoms with E-state index in [9.17, 15) is 9.90 Å². The molecule has 1 rings (SSSR count). The van der Waals surface area contributed by atoms with Crippen LogP contribution in [-0.2, 0) is 9.53 Å². The van der Waals surface area contributed by atoms with Crippen LogP contribution in [0.5, 0.6) is 0 Å².